The van der Waals surface area contributed by atoms with Crippen LogP contribution in [0.4, 0.5) is 0 Å². The number of hydrogen-bond donors (Lipinski definition) is 1. The lowest BCUT2D eigenvalue weighted by atomic mass is 9.86. The van der Waals surface area contributed by atoms with E-state index in [1.165, 1.54) is 48.8 Å². The van der Waals surface area contributed by atoms with Crippen molar-refractivity contribution in [2.24, 2.45) is 16.6 Å². The van der Waals surface area contributed by atoms with E-state index in [4.69, 9.17) is 5.73 Å². The number of nitrogens with two attached hydrogens (primary N) is 1. The zero-order chi connectivity index (χ0) is 16.5. The van der Waals surface area contributed by atoms with Crippen LogP contribution in [0.3, 0.4) is 0 Å². The van der Waals surface area contributed by atoms with Gasteiger partial charge in [-0.15, -0.1) is 0 Å². The summed E-state index contributed by atoms with van der Waals surface area (Å²) < 4.78 is 0. The Morgan fingerprint density at radius 3 is 2.32 bits per heavy atom. The van der Waals surface area contributed by atoms with Crippen molar-refractivity contribution in [2.45, 2.75) is 79.6 Å². The largest absolute Gasteiger partial charge is 0.398 e. The van der Waals surface area contributed by atoms with Gasteiger partial charge in [0.05, 0.1) is 0 Å². The highest BCUT2D eigenvalue weighted by Gasteiger charge is 2.24. The van der Waals surface area contributed by atoms with E-state index >= 15 is 0 Å². The van der Waals surface area contributed by atoms with Crippen molar-refractivity contribution in [1.29, 1.82) is 0 Å². The standard InChI is InChI=1S/C20H34N2/c1-6-9-14-18(17-12-10-11-13-17)19(16(5)22-8-3)20(21)15(4)7-2/h8,14,17H,6-7,9-13,21H2,1-5H3/b18-14-,19-16-,20-15-,22-8?. The molecule has 0 aromatic carbocycles. The molecule has 1 aliphatic carbocycles. The summed E-state index contributed by atoms with van der Waals surface area (Å²) in [6.07, 6.45) is 12.9. The van der Waals surface area contributed by atoms with E-state index in [9.17, 15) is 0 Å². The smallest absolute Gasteiger partial charge is 0.0464 e. The lowest BCUT2D eigenvalue weighted by molar-refractivity contribution is 0.643. The highest BCUT2D eigenvalue weighted by atomic mass is 14.7. The maximum Gasteiger partial charge on any atom is 0.0464 e. The molecule has 0 aliphatic heterocycles. The minimum atomic E-state index is 0.659. The Balaban J connectivity index is 3.40. The Labute approximate surface area is 137 Å². The van der Waals surface area contributed by atoms with Gasteiger partial charge in [0.15, 0.2) is 0 Å². The molecule has 124 valence electrons. The summed E-state index contributed by atoms with van der Waals surface area (Å²) in [5.74, 6) is 0.659. The van der Waals surface area contributed by atoms with Crippen molar-refractivity contribution in [3.8, 4) is 0 Å². The van der Waals surface area contributed by atoms with Gasteiger partial charge < -0.3 is 5.73 Å². The van der Waals surface area contributed by atoms with Crippen molar-refractivity contribution in [1.82, 2.24) is 0 Å². The van der Waals surface area contributed by atoms with Crippen LogP contribution in [0.15, 0.2) is 39.2 Å². The summed E-state index contributed by atoms with van der Waals surface area (Å²) in [5.41, 5.74) is 12.5. The van der Waals surface area contributed by atoms with Crippen molar-refractivity contribution < 1.29 is 0 Å². The van der Waals surface area contributed by atoms with Gasteiger partial charge in [-0.05, 0) is 63.5 Å². The van der Waals surface area contributed by atoms with E-state index in [2.05, 4.69) is 38.8 Å². The summed E-state index contributed by atoms with van der Waals surface area (Å²) in [6.45, 7) is 10.6. The molecular weight excluding hydrogens is 268 g/mol. The second kappa shape index (κ2) is 9.66. The molecule has 0 radical (unpaired) electrons. The van der Waals surface area contributed by atoms with Crippen LogP contribution in [-0.4, -0.2) is 6.21 Å². The molecule has 0 unspecified atom stereocenters. The Kier molecular flexibility index (Phi) is 8.22. The SMILES string of the molecule is CC=N/C(C)=C(C(=C\CCC)/C1CCCC1)\C(N)=C(/C)CC. The molecule has 1 saturated carbocycles. The lowest BCUT2D eigenvalue weighted by Gasteiger charge is -2.22. The van der Waals surface area contributed by atoms with E-state index in [0.717, 1.165) is 24.2 Å². The predicted octanol–water partition coefficient (Wildman–Crippen LogP) is 5.91. The molecule has 0 aromatic rings. The third kappa shape index (κ3) is 4.86. The zero-order valence-electron chi connectivity index (χ0n) is 15.2. The topological polar surface area (TPSA) is 38.4 Å². The van der Waals surface area contributed by atoms with Crippen LogP contribution >= 0.6 is 0 Å². The first-order valence-electron chi connectivity index (χ1n) is 8.92. The van der Waals surface area contributed by atoms with Crippen LogP contribution in [0, 0.1) is 5.92 Å². The molecule has 0 heterocycles. The zero-order valence-corrected chi connectivity index (χ0v) is 15.2. The third-order valence-corrected chi connectivity index (χ3v) is 4.68. The summed E-state index contributed by atoms with van der Waals surface area (Å²) >= 11 is 0. The molecular formula is C20H34N2. The van der Waals surface area contributed by atoms with Gasteiger partial charge in [-0.25, -0.2) is 0 Å². The normalized spacial score (nSPS) is 19.6. The Hall–Kier alpha value is -1.31. The van der Waals surface area contributed by atoms with Crippen molar-refractivity contribution >= 4 is 6.21 Å². The molecule has 1 aliphatic rings. The fourth-order valence-corrected chi connectivity index (χ4v) is 3.23. The first-order valence-corrected chi connectivity index (χ1v) is 8.92. The average Bonchev–Trinajstić information content (AvgIpc) is 3.04. The van der Waals surface area contributed by atoms with Crippen molar-refractivity contribution in [2.75, 3.05) is 0 Å². The first-order chi connectivity index (χ1) is 10.6. The number of unbranched alkanes of at least 4 members (excludes halogenated alkanes) is 1. The molecule has 0 bridgehead atoms. The minimum Gasteiger partial charge on any atom is -0.398 e. The molecule has 0 atom stereocenters. The molecule has 22 heavy (non-hydrogen) atoms. The van der Waals surface area contributed by atoms with Crippen LogP contribution in [-0.2, 0) is 0 Å². The number of rotatable bonds is 7. The van der Waals surface area contributed by atoms with Gasteiger partial charge in [-0.3, -0.25) is 4.99 Å². The monoisotopic (exact) mass is 302 g/mol. The fraction of sp³-hybridized carbons (Fsp3) is 0.650. The number of allylic oxidation sites excluding steroid dienone is 4. The molecule has 0 spiro atoms. The van der Waals surface area contributed by atoms with Crippen LogP contribution in [0.5, 0.6) is 0 Å². The van der Waals surface area contributed by atoms with Gasteiger partial charge in [0.1, 0.15) is 0 Å². The first kappa shape index (κ1) is 18.7. The van der Waals surface area contributed by atoms with Crippen LogP contribution in [0.25, 0.3) is 0 Å². The Bertz CT molecular complexity index is 472. The van der Waals surface area contributed by atoms with Gasteiger partial charge in [0.2, 0.25) is 0 Å². The van der Waals surface area contributed by atoms with E-state index in [0.29, 0.717) is 5.92 Å². The third-order valence-electron chi connectivity index (χ3n) is 4.68. The van der Waals surface area contributed by atoms with E-state index in [1.54, 1.807) is 0 Å². The maximum atomic E-state index is 6.55. The second-order valence-corrected chi connectivity index (χ2v) is 6.32. The van der Waals surface area contributed by atoms with Gasteiger partial charge in [-0.2, -0.15) is 0 Å². The second-order valence-electron chi connectivity index (χ2n) is 6.32. The van der Waals surface area contributed by atoms with Crippen molar-refractivity contribution in [3.63, 3.8) is 0 Å². The molecule has 2 nitrogen and oxygen atoms in total. The van der Waals surface area contributed by atoms with E-state index in [-0.39, 0.29) is 0 Å². The van der Waals surface area contributed by atoms with Gasteiger partial charge in [0, 0.05) is 23.2 Å². The lowest BCUT2D eigenvalue weighted by Crippen LogP contribution is -2.13. The van der Waals surface area contributed by atoms with Crippen molar-refractivity contribution in [3.05, 3.63) is 34.2 Å². The molecule has 2 N–H and O–H groups in total. The van der Waals surface area contributed by atoms with Crippen LogP contribution in [0.1, 0.15) is 79.6 Å². The Morgan fingerprint density at radius 1 is 1.18 bits per heavy atom. The molecule has 1 rings (SSSR count). The Morgan fingerprint density at radius 2 is 1.82 bits per heavy atom. The number of aliphatic imine (C=N–C) groups is 1. The molecule has 2 heteroatoms. The van der Waals surface area contributed by atoms with Crippen LogP contribution in [0.2, 0.25) is 0 Å². The van der Waals surface area contributed by atoms with Gasteiger partial charge >= 0.3 is 0 Å². The maximum absolute atomic E-state index is 6.55. The quantitative estimate of drug-likeness (QED) is 0.460. The molecule has 0 amide bonds. The van der Waals surface area contributed by atoms with Gasteiger partial charge in [0.25, 0.3) is 0 Å². The molecule has 1 fully saturated rings. The number of nitrogens with zero attached hydrogens (tertiary/aromatic N) is 1. The molecule has 0 aromatic heterocycles. The highest BCUT2D eigenvalue weighted by molar-refractivity contribution is 5.58. The summed E-state index contributed by atoms with van der Waals surface area (Å²) in [5, 5.41) is 0. The highest BCUT2D eigenvalue weighted by Crippen LogP contribution is 2.38. The summed E-state index contributed by atoms with van der Waals surface area (Å²) in [6, 6.07) is 0. The summed E-state index contributed by atoms with van der Waals surface area (Å²) in [4.78, 5) is 4.56. The fourth-order valence-electron chi connectivity index (χ4n) is 3.23. The average molecular weight is 303 g/mol. The van der Waals surface area contributed by atoms with Crippen LogP contribution < -0.4 is 5.73 Å². The molecule has 0 saturated heterocycles. The van der Waals surface area contributed by atoms with Gasteiger partial charge in [-0.1, -0.05) is 39.2 Å². The number of hydrogen-bond acceptors (Lipinski definition) is 2. The minimum absolute atomic E-state index is 0.659. The predicted molar refractivity (Wildman–Crippen MR) is 99.0 cm³/mol. The van der Waals surface area contributed by atoms with E-state index < -0.39 is 0 Å². The van der Waals surface area contributed by atoms with E-state index in [1.807, 2.05) is 13.1 Å². The summed E-state index contributed by atoms with van der Waals surface area (Å²) in [7, 11) is 0.